The minimum Gasteiger partial charge on any atom is -0.493 e. The Morgan fingerprint density at radius 1 is 1.47 bits per heavy atom. The molecule has 0 fully saturated rings. The summed E-state index contributed by atoms with van der Waals surface area (Å²) in [4.78, 5) is 13.3. The average molecular weight is 234 g/mol. The van der Waals surface area contributed by atoms with E-state index < -0.39 is 5.97 Å². The zero-order chi connectivity index (χ0) is 12.5. The first-order valence-electron chi connectivity index (χ1n) is 5.26. The van der Waals surface area contributed by atoms with Gasteiger partial charge in [0.1, 0.15) is 5.75 Å². The van der Waals surface area contributed by atoms with E-state index in [1.807, 2.05) is 31.2 Å². The largest absolute Gasteiger partial charge is 0.493 e. The minimum atomic E-state index is -0.664. The van der Waals surface area contributed by atoms with Crippen molar-refractivity contribution in [3.63, 3.8) is 0 Å². The number of nitrogens with zero attached hydrogens (tertiary/aromatic N) is 2. The molecule has 0 saturated heterocycles. The summed E-state index contributed by atoms with van der Waals surface area (Å²) >= 11 is 0. The first-order chi connectivity index (χ1) is 8.22. The van der Waals surface area contributed by atoms with Crippen molar-refractivity contribution in [1.29, 1.82) is 0 Å². The predicted octanol–water partition coefficient (Wildman–Crippen LogP) is 1.61. The van der Waals surface area contributed by atoms with Crippen LogP contribution in [0.15, 0.2) is 24.3 Å². The smallest absolute Gasteiger partial charge is 0.413 e. The summed E-state index contributed by atoms with van der Waals surface area (Å²) in [6.07, 6.45) is 1.29. The van der Waals surface area contributed by atoms with Gasteiger partial charge in [-0.3, -0.25) is 0 Å². The molecule has 0 atom stereocenters. The van der Waals surface area contributed by atoms with Crippen LogP contribution in [0.5, 0.6) is 5.75 Å². The summed E-state index contributed by atoms with van der Waals surface area (Å²) in [5.74, 6) is 0.135. The number of esters is 1. The quantitative estimate of drug-likeness (QED) is 0.247. The van der Waals surface area contributed by atoms with E-state index in [2.05, 4.69) is 4.79 Å². The van der Waals surface area contributed by atoms with Gasteiger partial charge in [0.15, 0.2) is 0 Å². The highest BCUT2D eigenvalue weighted by Gasteiger charge is 2.02. The van der Waals surface area contributed by atoms with E-state index in [0.29, 0.717) is 19.2 Å². The van der Waals surface area contributed by atoms with Gasteiger partial charge in [0.25, 0.3) is 0 Å². The number of rotatable bonds is 6. The van der Waals surface area contributed by atoms with Gasteiger partial charge in [-0.25, -0.2) is 4.79 Å². The van der Waals surface area contributed by atoms with Crippen LogP contribution in [-0.2, 0) is 9.53 Å². The van der Waals surface area contributed by atoms with Gasteiger partial charge in [-0.2, -0.15) is 4.79 Å². The molecule has 1 aromatic carbocycles. The Balaban J connectivity index is 2.16. The summed E-state index contributed by atoms with van der Waals surface area (Å²) in [7, 11) is 0. The van der Waals surface area contributed by atoms with Crippen molar-refractivity contribution in [3.8, 4) is 5.75 Å². The van der Waals surface area contributed by atoms with Gasteiger partial charge in [-0.05, 0) is 24.6 Å². The van der Waals surface area contributed by atoms with Gasteiger partial charge in [0.2, 0.25) is 0 Å². The van der Waals surface area contributed by atoms with Crippen LogP contribution in [0.3, 0.4) is 0 Å². The third-order valence-corrected chi connectivity index (χ3v) is 1.95. The van der Waals surface area contributed by atoms with Crippen LogP contribution < -0.4 is 4.74 Å². The molecule has 0 bridgehead atoms. The summed E-state index contributed by atoms with van der Waals surface area (Å²) in [5.41, 5.74) is 9.19. The van der Waals surface area contributed by atoms with E-state index in [-0.39, 0.29) is 6.61 Å². The fourth-order valence-electron chi connectivity index (χ4n) is 1.21. The Morgan fingerprint density at radius 2 is 2.29 bits per heavy atom. The van der Waals surface area contributed by atoms with Crippen LogP contribution in [0.1, 0.15) is 12.0 Å². The van der Waals surface area contributed by atoms with E-state index in [9.17, 15) is 4.79 Å². The van der Waals surface area contributed by atoms with E-state index in [1.165, 1.54) is 0 Å². The summed E-state index contributed by atoms with van der Waals surface area (Å²) in [5, 5.41) is 0. The molecule has 5 nitrogen and oxygen atoms in total. The first kappa shape index (κ1) is 12.9. The van der Waals surface area contributed by atoms with Gasteiger partial charge in [-0.1, -0.05) is 12.1 Å². The lowest BCUT2D eigenvalue weighted by molar-refractivity contribution is -0.139. The number of hydrogen-bond donors (Lipinski definition) is 0. The molecule has 1 aromatic rings. The molecular formula is C12H14N2O3. The molecule has 0 unspecified atom stereocenters. The standard InChI is InChI=1S/C12H14N2O3/c1-10-4-2-5-11(8-10)16-6-3-7-17-12(15)9-14-13/h2,4-5,8-9H,3,6-7H2,1H3. The van der Waals surface area contributed by atoms with E-state index in [1.54, 1.807) is 0 Å². The second-order valence-electron chi connectivity index (χ2n) is 3.43. The lowest BCUT2D eigenvalue weighted by Gasteiger charge is -2.06. The monoisotopic (exact) mass is 234 g/mol. The fraction of sp³-hybridized carbons (Fsp3) is 0.333. The highest BCUT2D eigenvalue weighted by Crippen LogP contribution is 2.12. The van der Waals surface area contributed by atoms with Crippen molar-refractivity contribution < 1.29 is 19.1 Å². The summed E-state index contributed by atoms with van der Waals surface area (Å²) < 4.78 is 10.2. The topological polar surface area (TPSA) is 71.9 Å². The zero-order valence-electron chi connectivity index (χ0n) is 9.63. The zero-order valence-corrected chi connectivity index (χ0v) is 9.63. The second kappa shape index (κ2) is 7.19. The molecule has 0 spiro atoms. The SMILES string of the molecule is Cc1cccc(OCCCOC(=O)C=[N+]=[N-])c1. The number of benzene rings is 1. The molecule has 5 heteroatoms. The van der Waals surface area contributed by atoms with E-state index >= 15 is 0 Å². The normalized spacial score (nSPS) is 9.24. The highest BCUT2D eigenvalue weighted by atomic mass is 16.5. The maximum Gasteiger partial charge on any atom is 0.413 e. The van der Waals surface area contributed by atoms with Gasteiger partial charge < -0.3 is 15.0 Å². The molecule has 0 saturated carbocycles. The van der Waals surface area contributed by atoms with Gasteiger partial charge in [0, 0.05) is 6.42 Å². The number of carbonyl (C=O) groups excluding carboxylic acids is 1. The van der Waals surface area contributed by atoms with Crippen LogP contribution in [0.2, 0.25) is 0 Å². The molecule has 0 aliphatic heterocycles. The molecule has 0 aliphatic carbocycles. The number of carbonyl (C=O) groups is 1. The summed E-state index contributed by atoms with van der Waals surface area (Å²) in [6.45, 7) is 2.69. The molecule has 0 aliphatic rings. The van der Waals surface area contributed by atoms with Crippen molar-refractivity contribution in [2.24, 2.45) is 0 Å². The molecule has 0 N–H and O–H groups in total. The number of hydrogen-bond acceptors (Lipinski definition) is 3. The van der Waals surface area contributed by atoms with Gasteiger partial charge in [0.05, 0.1) is 13.2 Å². The Bertz CT molecular complexity index is 426. The lowest BCUT2D eigenvalue weighted by atomic mass is 10.2. The van der Waals surface area contributed by atoms with Crippen LogP contribution in [-0.4, -0.2) is 30.2 Å². The molecular weight excluding hydrogens is 220 g/mol. The molecule has 1 rings (SSSR count). The average Bonchev–Trinajstić information content (AvgIpc) is 2.29. The maximum absolute atomic E-state index is 10.7. The number of aryl methyl sites for hydroxylation is 1. The van der Waals surface area contributed by atoms with Crippen molar-refractivity contribution in [3.05, 3.63) is 35.4 Å². The second-order valence-corrected chi connectivity index (χ2v) is 3.43. The van der Waals surface area contributed by atoms with Crippen LogP contribution in [0.4, 0.5) is 0 Å². The van der Waals surface area contributed by atoms with Crippen molar-refractivity contribution in [1.82, 2.24) is 0 Å². The third-order valence-electron chi connectivity index (χ3n) is 1.95. The van der Waals surface area contributed by atoms with Crippen molar-refractivity contribution in [2.75, 3.05) is 13.2 Å². The van der Waals surface area contributed by atoms with Crippen LogP contribution in [0, 0.1) is 6.92 Å². The molecule has 90 valence electrons. The Hall–Kier alpha value is -2.13. The Kier molecular flexibility index (Phi) is 5.47. The first-order valence-corrected chi connectivity index (χ1v) is 5.26. The number of ether oxygens (including phenoxy) is 2. The molecule has 0 radical (unpaired) electrons. The predicted molar refractivity (Wildman–Crippen MR) is 61.9 cm³/mol. The molecule has 17 heavy (non-hydrogen) atoms. The fourth-order valence-corrected chi connectivity index (χ4v) is 1.21. The van der Waals surface area contributed by atoms with Crippen molar-refractivity contribution >= 4 is 12.2 Å². The molecule has 0 amide bonds. The Labute approximate surface area is 99.6 Å². The Morgan fingerprint density at radius 3 is 3.00 bits per heavy atom. The third kappa shape index (κ3) is 5.49. The lowest BCUT2D eigenvalue weighted by Crippen LogP contribution is -2.10. The van der Waals surface area contributed by atoms with Crippen LogP contribution >= 0.6 is 0 Å². The maximum atomic E-state index is 10.7. The highest BCUT2D eigenvalue weighted by molar-refractivity contribution is 6.20. The van der Waals surface area contributed by atoms with Gasteiger partial charge in [-0.15, -0.1) is 0 Å². The molecule has 0 aromatic heterocycles. The minimum absolute atomic E-state index is 0.233. The van der Waals surface area contributed by atoms with Gasteiger partial charge >= 0.3 is 12.2 Å². The van der Waals surface area contributed by atoms with Crippen molar-refractivity contribution in [2.45, 2.75) is 13.3 Å². The molecule has 0 heterocycles. The van der Waals surface area contributed by atoms with E-state index in [0.717, 1.165) is 11.3 Å². The summed E-state index contributed by atoms with van der Waals surface area (Å²) in [6, 6.07) is 7.72. The van der Waals surface area contributed by atoms with E-state index in [4.69, 9.17) is 15.0 Å². The van der Waals surface area contributed by atoms with Crippen LogP contribution in [0.25, 0.3) is 5.53 Å².